The zero-order chi connectivity index (χ0) is 25.7. The van der Waals surface area contributed by atoms with Gasteiger partial charge in [0.25, 0.3) is 5.56 Å². The molecule has 0 saturated heterocycles. The number of nitrogens with zero attached hydrogens (tertiary/aromatic N) is 3. The van der Waals surface area contributed by atoms with Crippen molar-refractivity contribution in [2.45, 2.75) is 65.2 Å². The Bertz CT molecular complexity index is 1420. The number of thiazole rings is 1. The van der Waals surface area contributed by atoms with Gasteiger partial charge in [-0.1, -0.05) is 95.0 Å². The first kappa shape index (κ1) is 25.9. The lowest BCUT2D eigenvalue weighted by atomic mass is 9.87. The van der Waals surface area contributed by atoms with Gasteiger partial charge in [0, 0.05) is 5.56 Å². The Hall–Kier alpha value is -3.19. The fraction of sp³-hybridized carbons (Fsp3) is 0.414. The molecule has 0 bridgehead atoms. The highest BCUT2D eigenvalue weighted by Crippen LogP contribution is 2.29. The lowest BCUT2D eigenvalue weighted by Crippen LogP contribution is -2.23. The molecule has 0 aliphatic heterocycles. The van der Waals surface area contributed by atoms with Crippen molar-refractivity contribution in [2.75, 3.05) is 13.7 Å². The van der Waals surface area contributed by atoms with Crippen LogP contribution in [0.4, 0.5) is 0 Å². The summed E-state index contributed by atoms with van der Waals surface area (Å²) in [4.78, 5) is 18.2. The molecule has 0 N–H and O–H groups in total. The number of fused-ring (bicyclic) bond motifs is 1. The van der Waals surface area contributed by atoms with E-state index in [1.165, 1.54) is 47.1 Å². The molecule has 0 spiro atoms. The number of aromatic nitrogens is 3. The first-order valence-electron chi connectivity index (χ1n) is 12.6. The van der Waals surface area contributed by atoms with Gasteiger partial charge in [-0.2, -0.15) is 9.50 Å². The molecule has 0 aliphatic rings. The van der Waals surface area contributed by atoms with Crippen LogP contribution in [0.5, 0.6) is 11.5 Å². The summed E-state index contributed by atoms with van der Waals surface area (Å²) in [5, 5.41) is 4.48. The number of ether oxygens (including phenoxy) is 2. The number of unbranched alkanes of at least 4 members (excludes halogenated alkanes) is 4. The van der Waals surface area contributed by atoms with E-state index in [0.717, 1.165) is 23.3 Å². The van der Waals surface area contributed by atoms with Gasteiger partial charge in [0.2, 0.25) is 4.96 Å². The van der Waals surface area contributed by atoms with Crippen LogP contribution in [0.3, 0.4) is 0 Å². The molecule has 7 heteroatoms. The maximum atomic E-state index is 13.0. The molecule has 4 aromatic rings. The van der Waals surface area contributed by atoms with Crippen molar-refractivity contribution in [2.24, 2.45) is 0 Å². The van der Waals surface area contributed by atoms with E-state index in [1.54, 1.807) is 7.11 Å². The highest BCUT2D eigenvalue weighted by Gasteiger charge is 2.16. The van der Waals surface area contributed by atoms with Gasteiger partial charge in [0.05, 0.1) is 18.2 Å². The third kappa shape index (κ3) is 5.95. The van der Waals surface area contributed by atoms with Crippen LogP contribution in [0.15, 0.2) is 47.3 Å². The summed E-state index contributed by atoms with van der Waals surface area (Å²) in [5.41, 5.74) is 2.91. The average Bonchev–Trinajstić information content (AvgIpc) is 3.40. The van der Waals surface area contributed by atoms with Crippen molar-refractivity contribution >= 4 is 22.4 Å². The largest absolute Gasteiger partial charge is 0.493 e. The smallest absolute Gasteiger partial charge is 0.291 e. The van der Waals surface area contributed by atoms with Gasteiger partial charge < -0.3 is 9.47 Å². The molecular formula is C29H35N3O3S. The van der Waals surface area contributed by atoms with Crippen molar-refractivity contribution in [3.63, 3.8) is 0 Å². The Morgan fingerprint density at radius 2 is 1.75 bits per heavy atom. The fourth-order valence-corrected chi connectivity index (χ4v) is 4.92. The van der Waals surface area contributed by atoms with Gasteiger partial charge in [-0.15, -0.1) is 5.10 Å². The zero-order valence-electron chi connectivity index (χ0n) is 21.8. The van der Waals surface area contributed by atoms with Crippen LogP contribution < -0.4 is 19.6 Å². The Kier molecular flexibility index (Phi) is 8.09. The quantitative estimate of drug-likeness (QED) is 0.247. The second kappa shape index (κ2) is 11.2. The molecule has 0 amide bonds. The Balaban J connectivity index is 1.52. The van der Waals surface area contributed by atoms with E-state index >= 15 is 0 Å². The molecule has 36 heavy (non-hydrogen) atoms. The number of methoxy groups -OCH3 is 1. The predicted octanol–water partition coefficient (Wildman–Crippen LogP) is 6.02. The summed E-state index contributed by atoms with van der Waals surface area (Å²) < 4.78 is 13.4. The average molecular weight is 506 g/mol. The molecule has 6 nitrogen and oxygen atoms in total. The summed E-state index contributed by atoms with van der Waals surface area (Å²) in [6.45, 7) is 9.42. The van der Waals surface area contributed by atoms with Gasteiger partial charge >= 0.3 is 0 Å². The second-order valence-corrected chi connectivity index (χ2v) is 11.1. The van der Waals surface area contributed by atoms with Gasteiger partial charge in [-0.05, 0) is 41.2 Å². The van der Waals surface area contributed by atoms with Crippen molar-refractivity contribution in [3.8, 4) is 22.9 Å². The lowest BCUT2D eigenvalue weighted by molar-refractivity contribution is 0.285. The molecule has 2 aromatic heterocycles. The van der Waals surface area contributed by atoms with Crippen LogP contribution in [0, 0.1) is 0 Å². The standard InChI is InChI=1S/C29H35N3O3S/c1-6-7-8-9-10-17-35-23-16-11-20(18-24(23)34-5)19-25-27(33)32-28(36-25)30-26(31-32)21-12-14-22(15-13-21)29(2,3)4/h11-16,18-19H,6-10,17H2,1-5H3. The maximum Gasteiger partial charge on any atom is 0.291 e. The molecule has 2 heterocycles. The number of rotatable bonds is 10. The predicted molar refractivity (Wildman–Crippen MR) is 147 cm³/mol. The Morgan fingerprint density at radius 1 is 1.00 bits per heavy atom. The number of hydrogen-bond acceptors (Lipinski definition) is 6. The second-order valence-electron chi connectivity index (χ2n) is 10.0. The van der Waals surface area contributed by atoms with Gasteiger partial charge in [0.15, 0.2) is 17.3 Å². The Labute approximate surface area is 216 Å². The van der Waals surface area contributed by atoms with Crippen LogP contribution in [0.25, 0.3) is 22.4 Å². The molecule has 0 unspecified atom stereocenters. The highest BCUT2D eigenvalue weighted by atomic mass is 32.1. The molecule has 0 aliphatic carbocycles. The summed E-state index contributed by atoms with van der Waals surface area (Å²) in [6, 6.07) is 13.9. The monoisotopic (exact) mass is 505 g/mol. The van der Waals surface area contributed by atoms with Crippen LogP contribution in [0.1, 0.15) is 70.9 Å². The molecule has 190 valence electrons. The third-order valence-corrected chi connectivity index (χ3v) is 7.14. The zero-order valence-corrected chi connectivity index (χ0v) is 22.7. The van der Waals surface area contributed by atoms with Crippen LogP contribution in [-0.2, 0) is 5.41 Å². The summed E-state index contributed by atoms with van der Waals surface area (Å²) in [7, 11) is 1.63. The third-order valence-electron chi connectivity index (χ3n) is 6.18. The molecule has 0 radical (unpaired) electrons. The molecule has 2 aromatic carbocycles. The van der Waals surface area contributed by atoms with Crippen LogP contribution in [0.2, 0.25) is 0 Å². The topological polar surface area (TPSA) is 65.7 Å². The first-order chi connectivity index (χ1) is 17.3. The summed E-state index contributed by atoms with van der Waals surface area (Å²) >= 11 is 1.33. The van der Waals surface area contributed by atoms with Gasteiger partial charge in [0.1, 0.15) is 0 Å². The van der Waals surface area contributed by atoms with Gasteiger partial charge in [-0.25, -0.2) is 0 Å². The van der Waals surface area contributed by atoms with E-state index in [1.807, 2.05) is 36.4 Å². The van der Waals surface area contributed by atoms with Crippen LogP contribution >= 0.6 is 11.3 Å². The van der Waals surface area contributed by atoms with Crippen LogP contribution in [-0.4, -0.2) is 28.3 Å². The van der Waals surface area contributed by atoms with E-state index in [2.05, 4.69) is 49.9 Å². The minimum absolute atomic E-state index is 0.0781. The Morgan fingerprint density at radius 3 is 2.42 bits per heavy atom. The minimum atomic E-state index is -0.175. The van der Waals surface area contributed by atoms with Crippen molar-refractivity contribution in [1.82, 2.24) is 14.6 Å². The maximum absolute atomic E-state index is 13.0. The van der Waals surface area contributed by atoms with Crippen molar-refractivity contribution < 1.29 is 9.47 Å². The normalized spacial score (nSPS) is 12.4. The van der Waals surface area contributed by atoms with E-state index in [0.29, 0.717) is 27.7 Å². The molecule has 0 saturated carbocycles. The van der Waals surface area contributed by atoms with Crippen molar-refractivity contribution in [1.29, 1.82) is 0 Å². The van der Waals surface area contributed by atoms with Gasteiger partial charge in [-0.3, -0.25) is 4.79 Å². The van der Waals surface area contributed by atoms with E-state index in [9.17, 15) is 4.79 Å². The molecule has 0 fully saturated rings. The number of hydrogen-bond donors (Lipinski definition) is 0. The summed E-state index contributed by atoms with van der Waals surface area (Å²) in [6.07, 6.45) is 7.79. The van der Waals surface area contributed by atoms with Crippen molar-refractivity contribution in [3.05, 3.63) is 68.5 Å². The SMILES string of the molecule is CCCCCCCOc1ccc(C=c2sc3nc(-c4ccc(C(C)(C)C)cc4)nn3c2=O)cc1OC. The lowest BCUT2D eigenvalue weighted by Gasteiger charge is -2.18. The highest BCUT2D eigenvalue weighted by molar-refractivity contribution is 7.15. The number of benzene rings is 2. The summed E-state index contributed by atoms with van der Waals surface area (Å²) in [5.74, 6) is 1.94. The molecule has 0 atom stereocenters. The molecule has 4 rings (SSSR count). The first-order valence-corrected chi connectivity index (χ1v) is 13.4. The minimum Gasteiger partial charge on any atom is -0.493 e. The van der Waals surface area contributed by atoms with E-state index < -0.39 is 0 Å². The molecular weight excluding hydrogens is 470 g/mol. The van der Waals surface area contributed by atoms with E-state index in [4.69, 9.17) is 9.47 Å². The fourth-order valence-electron chi connectivity index (χ4n) is 4.01. The van der Waals surface area contributed by atoms with E-state index in [-0.39, 0.29) is 11.0 Å².